The zero-order valence-corrected chi connectivity index (χ0v) is 9.92. The van der Waals surface area contributed by atoms with Crippen LogP contribution in [0.2, 0.25) is 0 Å². The van der Waals surface area contributed by atoms with Gasteiger partial charge in [-0.3, -0.25) is 0 Å². The number of nitrogens with one attached hydrogen (secondary N) is 2. The number of ether oxygens (including phenoxy) is 2. The Balaban J connectivity index is 1.87. The second kappa shape index (κ2) is 8.05. The second-order valence-corrected chi connectivity index (χ2v) is 4.07. The highest BCUT2D eigenvalue weighted by atomic mass is 16.5. The molecule has 1 aliphatic heterocycles. The lowest BCUT2D eigenvalue weighted by Gasteiger charge is -2.23. The molecule has 0 radical (unpaired) electrons. The summed E-state index contributed by atoms with van der Waals surface area (Å²) in [5, 5.41) is 6.64. The molecular weight excluding hydrogens is 192 g/mol. The van der Waals surface area contributed by atoms with Crippen LogP contribution in [0.4, 0.5) is 0 Å². The van der Waals surface area contributed by atoms with E-state index in [1.54, 1.807) is 7.11 Å². The smallest absolute Gasteiger partial charge is 0.0667 e. The van der Waals surface area contributed by atoms with E-state index in [2.05, 4.69) is 17.6 Å². The fourth-order valence-electron chi connectivity index (χ4n) is 1.65. The topological polar surface area (TPSA) is 42.5 Å². The summed E-state index contributed by atoms with van der Waals surface area (Å²) in [6, 6.07) is 0. The highest BCUT2D eigenvalue weighted by Gasteiger charge is 2.12. The van der Waals surface area contributed by atoms with Gasteiger partial charge in [-0.25, -0.2) is 0 Å². The molecule has 15 heavy (non-hydrogen) atoms. The minimum atomic E-state index is 0.281. The lowest BCUT2D eigenvalue weighted by molar-refractivity contribution is 0.0330. The monoisotopic (exact) mass is 216 g/mol. The van der Waals surface area contributed by atoms with Gasteiger partial charge in [-0.2, -0.15) is 0 Å². The van der Waals surface area contributed by atoms with Gasteiger partial charge in [-0.1, -0.05) is 0 Å². The highest BCUT2D eigenvalue weighted by Crippen LogP contribution is 2.06. The van der Waals surface area contributed by atoms with Crippen molar-refractivity contribution in [1.29, 1.82) is 0 Å². The summed E-state index contributed by atoms with van der Waals surface area (Å²) < 4.78 is 10.9. The van der Waals surface area contributed by atoms with Gasteiger partial charge in [0.05, 0.1) is 18.8 Å². The molecule has 0 amide bonds. The number of rotatable bonds is 7. The van der Waals surface area contributed by atoms with Crippen molar-refractivity contribution in [3.05, 3.63) is 0 Å². The Morgan fingerprint density at radius 1 is 1.40 bits per heavy atom. The van der Waals surface area contributed by atoms with E-state index in [0.717, 1.165) is 45.6 Å². The van der Waals surface area contributed by atoms with Crippen LogP contribution in [0.3, 0.4) is 0 Å². The zero-order valence-electron chi connectivity index (χ0n) is 9.92. The first-order chi connectivity index (χ1) is 7.33. The van der Waals surface area contributed by atoms with Gasteiger partial charge in [0.1, 0.15) is 0 Å². The molecule has 90 valence electrons. The minimum absolute atomic E-state index is 0.281. The Morgan fingerprint density at radius 2 is 2.13 bits per heavy atom. The van der Waals surface area contributed by atoms with Gasteiger partial charge in [0, 0.05) is 20.2 Å². The standard InChI is InChI=1S/C11H24N2O2/c1-10(14-2)9-13-7-8-15-11-3-5-12-6-4-11/h10-13H,3-9H2,1-2H3. The van der Waals surface area contributed by atoms with E-state index in [-0.39, 0.29) is 6.10 Å². The van der Waals surface area contributed by atoms with E-state index in [1.165, 1.54) is 0 Å². The van der Waals surface area contributed by atoms with E-state index in [9.17, 15) is 0 Å². The number of hydrogen-bond donors (Lipinski definition) is 2. The van der Waals surface area contributed by atoms with E-state index >= 15 is 0 Å². The molecule has 0 aromatic heterocycles. The fraction of sp³-hybridized carbons (Fsp3) is 1.00. The Hall–Kier alpha value is -0.160. The van der Waals surface area contributed by atoms with Crippen LogP contribution in [-0.4, -0.2) is 52.1 Å². The molecule has 0 saturated carbocycles. The molecule has 0 aromatic carbocycles. The Bertz CT molecular complexity index is 150. The van der Waals surface area contributed by atoms with Gasteiger partial charge in [0.25, 0.3) is 0 Å². The first-order valence-electron chi connectivity index (χ1n) is 5.88. The van der Waals surface area contributed by atoms with E-state index in [0.29, 0.717) is 6.10 Å². The average molecular weight is 216 g/mol. The molecule has 1 atom stereocenters. The van der Waals surface area contributed by atoms with Crippen molar-refractivity contribution in [2.45, 2.75) is 32.0 Å². The molecule has 1 aliphatic rings. The molecule has 4 nitrogen and oxygen atoms in total. The fourth-order valence-corrected chi connectivity index (χ4v) is 1.65. The predicted molar refractivity (Wildman–Crippen MR) is 61.2 cm³/mol. The van der Waals surface area contributed by atoms with Crippen LogP contribution in [-0.2, 0) is 9.47 Å². The molecule has 1 heterocycles. The van der Waals surface area contributed by atoms with Crippen LogP contribution in [0, 0.1) is 0 Å². The molecule has 4 heteroatoms. The second-order valence-electron chi connectivity index (χ2n) is 4.07. The third-order valence-corrected chi connectivity index (χ3v) is 2.75. The van der Waals surface area contributed by atoms with Crippen molar-refractivity contribution < 1.29 is 9.47 Å². The van der Waals surface area contributed by atoms with E-state index in [4.69, 9.17) is 9.47 Å². The average Bonchev–Trinajstić information content (AvgIpc) is 2.29. The van der Waals surface area contributed by atoms with Crippen molar-refractivity contribution in [2.75, 3.05) is 39.9 Å². The molecule has 0 aromatic rings. The largest absolute Gasteiger partial charge is 0.380 e. The molecular formula is C11H24N2O2. The van der Waals surface area contributed by atoms with Gasteiger partial charge in [-0.05, 0) is 32.9 Å². The third kappa shape index (κ3) is 6.10. The Morgan fingerprint density at radius 3 is 2.80 bits per heavy atom. The summed E-state index contributed by atoms with van der Waals surface area (Å²) >= 11 is 0. The number of methoxy groups -OCH3 is 1. The zero-order chi connectivity index (χ0) is 10.9. The van der Waals surface area contributed by atoms with Crippen molar-refractivity contribution in [2.24, 2.45) is 0 Å². The number of piperidine rings is 1. The highest BCUT2D eigenvalue weighted by molar-refractivity contribution is 4.68. The minimum Gasteiger partial charge on any atom is -0.380 e. The maximum absolute atomic E-state index is 5.76. The van der Waals surface area contributed by atoms with Gasteiger partial charge in [-0.15, -0.1) is 0 Å². The van der Waals surface area contributed by atoms with Crippen molar-refractivity contribution in [3.63, 3.8) is 0 Å². The van der Waals surface area contributed by atoms with Crippen molar-refractivity contribution in [3.8, 4) is 0 Å². The first-order valence-corrected chi connectivity index (χ1v) is 5.88. The summed E-state index contributed by atoms with van der Waals surface area (Å²) in [4.78, 5) is 0. The third-order valence-electron chi connectivity index (χ3n) is 2.75. The van der Waals surface area contributed by atoms with Gasteiger partial charge in [0.2, 0.25) is 0 Å². The van der Waals surface area contributed by atoms with Crippen LogP contribution in [0.25, 0.3) is 0 Å². The van der Waals surface area contributed by atoms with Crippen LogP contribution < -0.4 is 10.6 Å². The lowest BCUT2D eigenvalue weighted by Crippen LogP contribution is -2.35. The Kier molecular flexibility index (Phi) is 6.92. The summed E-state index contributed by atoms with van der Waals surface area (Å²) in [5.74, 6) is 0. The van der Waals surface area contributed by atoms with Gasteiger partial charge >= 0.3 is 0 Å². The molecule has 2 N–H and O–H groups in total. The summed E-state index contributed by atoms with van der Waals surface area (Å²) in [6.45, 7) is 6.86. The molecule has 1 rings (SSSR count). The molecule has 1 saturated heterocycles. The van der Waals surface area contributed by atoms with Crippen LogP contribution in [0.1, 0.15) is 19.8 Å². The molecule has 0 spiro atoms. The quantitative estimate of drug-likeness (QED) is 0.604. The van der Waals surface area contributed by atoms with Gasteiger partial charge in [0.15, 0.2) is 0 Å². The first kappa shape index (κ1) is 12.9. The van der Waals surface area contributed by atoms with E-state index < -0.39 is 0 Å². The SMILES string of the molecule is COC(C)CNCCOC1CCNCC1. The number of hydrogen-bond acceptors (Lipinski definition) is 4. The molecule has 0 bridgehead atoms. The molecule has 1 unspecified atom stereocenters. The summed E-state index contributed by atoms with van der Waals surface area (Å²) in [7, 11) is 1.73. The lowest BCUT2D eigenvalue weighted by atomic mass is 10.1. The van der Waals surface area contributed by atoms with Crippen LogP contribution in [0.5, 0.6) is 0 Å². The summed E-state index contributed by atoms with van der Waals surface area (Å²) in [5.41, 5.74) is 0. The molecule has 0 aliphatic carbocycles. The van der Waals surface area contributed by atoms with Crippen LogP contribution >= 0.6 is 0 Å². The predicted octanol–water partition coefficient (Wildman–Crippen LogP) is 0.380. The Labute approximate surface area is 92.7 Å². The van der Waals surface area contributed by atoms with Crippen molar-refractivity contribution in [1.82, 2.24) is 10.6 Å². The van der Waals surface area contributed by atoms with Gasteiger partial charge < -0.3 is 20.1 Å². The van der Waals surface area contributed by atoms with E-state index in [1.807, 2.05) is 0 Å². The normalized spacial score (nSPS) is 20.4. The van der Waals surface area contributed by atoms with Crippen LogP contribution in [0.15, 0.2) is 0 Å². The van der Waals surface area contributed by atoms with Crippen molar-refractivity contribution >= 4 is 0 Å². The summed E-state index contributed by atoms with van der Waals surface area (Å²) in [6.07, 6.45) is 3.04. The molecule has 1 fully saturated rings. The maximum Gasteiger partial charge on any atom is 0.0667 e. The maximum atomic E-state index is 5.76.